The highest BCUT2D eigenvalue weighted by atomic mass is 19.1. The maximum Gasteiger partial charge on any atom is 0.328 e. The number of halogens is 1. The lowest BCUT2D eigenvalue weighted by molar-refractivity contribution is 0.627. The summed E-state index contributed by atoms with van der Waals surface area (Å²) in [7, 11) is 0. The Balaban J connectivity index is 2.02. The van der Waals surface area contributed by atoms with Gasteiger partial charge in [0.25, 0.3) is 5.56 Å². The van der Waals surface area contributed by atoms with Gasteiger partial charge in [-0.3, -0.25) is 14.3 Å². The third kappa shape index (κ3) is 3.34. The van der Waals surface area contributed by atoms with Crippen molar-refractivity contribution >= 4 is 5.69 Å². The monoisotopic (exact) mass is 277 g/mol. The molecule has 0 saturated carbocycles. The molecule has 5 nitrogen and oxygen atoms in total. The van der Waals surface area contributed by atoms with Crippen molar-refractivity contribution < 1.29 is 4.39 Å². The Labute approximate surface area is 115 Å². The SMILES string of the molecule is CCc1cn(CCNc2ccc(F)cc2)c(=O)[nH]c1=O. The van der Waals surface area contributed by atoms with E-state index in [1.165, 1.54) is 16.7 Å². The first-order valence-electron chi connectivity index (χ1n) is 6.42. The number of aryl methyl sites for hydroxylation is 1. The van der Waals surface area contributed by atoms with Crippen LogP contribution in [-0.2, 0) is 13.0 Å². The molecule has 0 aliphatic rings. The van der Waals surface area contributed by atoms with E-state index >= 15 is 0 Å². The van der Waals surface area contributed by atoms with E-state index in [9.17, 15) is 14.0 Å². The summed E-state index contributed by atoms with van der Waals surface area (Å²) in [6.45, 7) is 2.77. The van der Waals surface area contributed by atoms with Crippen LogP contribution in [0.15, 0.2) is 40.1 Å². The molecule has 2 N–H and O–H groups in total. The van der Waals surface area contributed by atoms with Crippen LogP contribution < -0.4 is 16.6 Å². The minimum absolute atomic E-state index is 0.292. The van der Waals surface area contributed by atoms with Gasteiger partial charge in [0, 0.05) is 30.5 Å². The molecule has 1 aromatic carbocycles. The number of nitrogens with zero attached hydrogens (tertiary/aromatic N) is 1. The number of aromatic nitrogens is 2. The molecule has 0 bridgehead atoms. The van der Waals surface area contributed by atoms with Gasteiger partial charge in [-0.25, -0.2) is 9.18 Å². The number of hydrogen-bond acceptors (Lipinski definition) is 3. The lowest BCUT2D eigenvalue weighted by atomic mass is 10.2. The second kappa shape index (κ2) is 6.18. The van der Waals surface area contributed by atoms with Gasteiger partial charge in [-0.1, -0.05) is 6.92 Å². The number of benzene rings is 1. The summed E-state index contributed by atoms with van der Waals surface area (Å²) in [6, 6.07) is 5.98. The van der Waals surface area contributed by atoms with Crippen LogP contribution in [0.5, 0.6) is 0 Å². The quantitative estimate of drug-likeness (QED) is 0.867. The molecular formula is C14H16FN3O2. The predicted octanol–water partition coefficient (Wildman–Crippen LogP) is 1.35. The molecule has 0 atom stereocenters. The molecule has 0 saturated heterocycles. The number of aromatic amines is 1. The van der Waals surface area contributed by atoms with Crippen molar-refractivity contribution in [3.63, 3.8) is 0 Å². The van der Waals surface area contributed by atoms with Crippen LogP contribution in [0.25, 0.3) is 0 Å². The molecule has 0 unspecified atom stereocenters. The molecular weight excluding hydrogens is 261 g/mol. The molecule has 1 aromatic heterocycles. The first-order chi connectivity index (χ1) is 9.60. The third-order valence-corrected chi connectivity index (χ3v) is 2.99. The van der Waals surface area contributed by atoms with Gasteiger partial charge in [-0.05, 0) is 30.7 Å². The van der Waals surface area contributed by atoms with Crippen molar-refractivity contribution in [2.75, 3.05) is 11.9 Å². The second-order valence-corrected chi connectivity index (χ2v) is 4.39. The van der Waals surface area contributed by atoms with E-state index in [4.69, 9.17) is 0 Å². The van der Waals surface area contributed by atoms with E-state index in [1.807, 2.05) is 6.92 Å². The van der Waals surface area contributed by atoms with Crippen molar-refractivity contribution in [2.45, 2.75) is 19.9 Å². The van der Waals surface area contributed by atoms with Gasteiger partial charge in [0.1, 0.15) is 5.82 Å². The number of hydrogen-bond donors (Lipinski definition) is 2. The molecule has 0 fully saturated rings. The largest absolute Gasteiger partial charge is 0.383 e. The average molecular weight is 277 g/mol. The Morgan fingerprint density at radius 1 is 1.25 bits per heavy atom. The Kier molecular flexibility index (Phi) is 4.34. The van der Waals surface area contributed by atoms with E-state index in [0.29, 0.717) is 25.1 Å². The van der Waals surface area contributed by atoms with Crippen LogP contribution in [0.1, 0.15) is 12.5 Å². The highest BCUT2D eigenvalue weighted by Crippen LogP contribution is 2.07. The molecule has 2 rings (SSSR count). The summed E-state index contributed by atoms with van der Waals surface area (Å²) in [4.78, 5) is 25.3. The number of nitrogens with one attached hydrogen (secondary N) is 2. The van der Waals surface area contributed by atoms with Crippen molar-refractivity contribution in [2.24, 2.45) is 0 Å². The summed E-state index contributed by atoms with van der Waals surface area (Å²) < 4.78 is 14.2. The molecule has 2 aromatic rings. The van der Waals surface area contributed by atoms with Crippen molar-refractivity contribution in [3.8, 4) is 0 Å². The van der Waals surface area contributed by atoms with Crippen LogP contribution in [-0.4, -0.2) is 16.1 Å². The van der Waals surface area contributed by atoms with Gasteiger partial charge < -0.3 is 5.32 Å². The van der Waals surface area contributed by atoms with Crippen LogP contribution in [0.2, 0.25) is 0 Å². The fraction of sp³-hybridized carbons (Fsp3) is 0.286. The van der Waals surface area contributed by atoms with E-state index in [-0.39, 0.29) is 11.4 Å². The molecule has 0 radical (unpaired) electrons. The minimum Gasteiger partial charge on any atom is -0.383 e. The summed E-state index contributed by atoms with van der Waals surface area (Å²) >= 11 is 0. The summed E-state index contributed by atoms with van der Waals surface area (Å²) in [5.41, 5.74) is 0.597. The maximum absolute atomic E-state index is 12.7. The highest BCUT2D eigenvalue weighted by Gasteiger charge is 2.02. The fourth-order valence-corrected chi connectivity index (χ4v) is 1.86. The molecule has 6 heteroatoms. The number of rotatable bonds is 5. The van der Waals surface area contributed by atoms with E-state index < -0.39 is 5.69 Å². The minimum atomic E-state index is -0.423. The fourth-order valence-electron chi connectivity index (χ4n) is 1.86. The highest BCUT2D eigenvalue weighted by molar-refractivity contribution is 5.42. The zero-order valence-electron chi connectivity index (χ0n) is 11.1. The van der Waals surface area contributed by atoms with Crippen LogP contribution in [0.3, 0.4) is 0 Å². The molecule has 106 valence electrons. The zero-order valence-corrected chi connectivity index (χ0v) is 11.1. The predicted molar refractivity (Wildman–Crippen MR) is 75.6 cm³/mol. The van der Waals surface area contributed by atoms with Crippen LogP contribution in [0, 0.1) is 5.82 Å². The van der Waals surface area contributed by atoms with Crippen molar-refractivity contribution in [1.29, 1.82) is 0 Å². The van der Waals surface area contributed by atoms with Gasteiger partial charge in [0.15, 0.2) is 0 Å². The van der Waals surface area contributed by atoms with Gasteiger partial charge in [-0.15, -0.1) is 0 Å². The van der Waals surface area contributed by atoms with E-state index in [0.717, 1.165) is 5.69 Å². The standard InChI is InChI=1S/C14H16FN3O2/c1-2-10-9-18(14(20)17-13(10)19)8-7-16-12-5-3-11(15)4-6-12/h3-6,9,16H,2,7-8H2,1H3,(H,17,19,20). The van der Waals surface area contributed by atoms with Gasteiger partial charge in [-0.2, -0.15) is 0 Å². The van der Waals surface area contributed by atoms with Crippen LogP contribution in [0.4, 0.5) is 10.1 Å². The first kappa shape index (κ1) is 14.0. The van der Waals surface area contributed by atoms with Gasteiger partial charge >= 0.3 is 5.69 Å². The summed E-state index contributed by atoms with van der Waals surface area (Å²) in [5, 5.41) is 3.08. The summed E-state index contributed by atoms with van der Waals surface area (Å²) in [6.07, 6.45) is 2.15. The Hall–Kier alpha value is -2.37. The molecule has 0 amide bonds. The Bertz CT molecular complexity index is 689. The molecule has 0 aliphatic carbocycles. The average Bonchev–Trinajstić information content (AvgIpc) is 2.43. The lowest BCUT2D eigenvalue weighted by Crippen LogP contribution is -2.33. The third-order valence-electron chi connectivity index (χ3n) is 2.99. The zero-order chi connectivity index (χ0) is 14.5. The van der Waals surface area contributed by atoms with E-state index in [1.54, 1.807) is 18.3 Å². The second-order valence-electron chi connectivity index (χ2n) is 4.39. The molecule has 20 heavy (non-hydrogen) atoms. The van der Waals surface area contributed by atoms with Gasteiger partial charge in [0.05, 0.1) is 0 Å². The van der Waals surface area contributed by atoms with Crippen molar-refractivity contribution in [3.05, 3.63) is 62.7 Å². The first-order valence-corrected chi connectivity index (χ1v) is 6.42. The van der Waals surface area contributed by atoms with Crippen LogP contribution >= 0.6 is 0 Å². The summed E-state index contributed by atoms with van der Waals surface area (Å²) in [5.74, 6) is -0.292. The number of anilines is 1. The number of H-pyrrole nitrogens is 1. The van der Waals surface area contributed by atoms with Crippen molar-refractivity contribution in [1.82, 2.24) is 9.55 Å². The molecule has 1 heterocycles. The molecule has 0 spiro atoms. The smallest absolute Gasteiger partial charge is 0.328 e. The maximum atomic E-state index is 12.7. The lowest BCUT2D eigenvalue weighted by Gasteiger charge is -2.09. The van der Waals surface area contributed by atoms with Gasteiger partial charge in [0.2, 0.25) is 0 Å². The Morgan fingerprint density at radius 2 is 1.95 bits per heavy atom. The van der Waals surface area contributed by atoms with E-state index in [2.05, 4.69) is 10.3 Å². The topological polar surface area (TPSA) is 66.9 Å². The normalized spacial score (nSPS) is 10.5. The Morgan fingerprint density at radius 3 is 2.60 bits per heavy atom. The molecule has 0 aliphatic heterocycles.